The van der Waals surface area contributed by atoms with Crippen LogP contribution in [0, 0.1) is 6.92 Å². The molecule has 0 aliphatic heterocycles. The van der Waals surface area contributed by atoms with Crippen molar-refractivity contribution in [1.82, 2.24) is 15.6 Å². The average molecular weight is 475 g/mol. The molecule has 8 heteroatoms. The van der Waals surface area contributed by atoms with E-state index in [9.17, 15) is 14.4 Å². The van der Waals surface area contributed by atoms with Crippen molar-refractivity contribution >= 4 is 23.4 Å². The van der Waals surface area contributed by atoms with Gasteiger partial charge in [-0.1, -0.05) is 37.5 Å². The zero-order valence-corrected chi connectivity index (χ0v) is 19.8. The zero-order chi connectivity index (χ0) is 24.6. The Bertz CT molecular complexity index is 1140. The van der Waals surface area contributed by atoms with Crippen LogP contribution in [0.3, 0.4) is 0 Å². The molecule has 0 saturated heterocycles. The predicted molar refractivity (Wildman–Crippen MR) is 132 cm³/mol. The third-order valence-electron chi connectivity index (χ3n) is 6.15. The van der Waals surface area contributed by atoms with E-state index in [2.05, 4.69) is 15.6 Å². The maximum Gasteiger partial charge on any atom is 0.287 e. The molecule has 1 saturated carbocycles. The molecule has 0 bridgehead atoms. The second-order valence-electron chi connectivity index (χ2n) is 8.80. The highest BCUT2D eigenvalue weighted by Crippen LogP contribution is 2.29. The minimum absolute atomic E-state index is 0.0727. The van der Waals surface area contributed by atoms with Crippen LogP contribution in [-0.4, -0.2) is 35.3 Å². The van der Waals surface area contributed by atoms with E-state index < -0.39 is 17.9 Å². The van der Waals surface area contributed by atoms with Crippen LogP contribution in [0.5, 0.6) is 0 Å². The van der Waals surface area contributed by atoms with Crippen molar-refractivity contribution in [2.75, 3.05) is 11.4 Å². The van der Waals surface area contributed by atoms with E-state index in [-0.39, 0.29) is 24.3 Å². The maximum atomic E-state index is 13.7. The fourth-order valence-electron chi connectivity index (χ4n) is 4.43. The summed E-state index contributed by atoms with van der Waals surface area (Å²) in [6.45, 7) is 1.62. The molecule has 0 radical (unpaired) electrons. The molecule has 2 heterocycles. The van der Waals surface area contributed by atoms with Gasteiger partial charge in [0.05, 0.1) is 12.8 Å². The molecule has 1 atom stereocenters. The number of rotatable bonds is 8. The lowest BCUT2D eigenvalue weighted by Crippen LogP contribution is -2.49. The highest BCUT2D eigenvalue weighted by molar-refractivity contribution is 6.04. The third kappa shape index (κ3) is 6.15. The van der Waals surface area contributed by atoms with Crippen molar-refractivity contribution in [2.45, 2.75) is 51.1 Å². The number of anilines is 1. The lowest BCUT2D eigenvalue weighted by Gasteiger charge is -2.33. The van der Waals surface area contributed by atoms with Crippen LogP contribution in [0.15, 0.2) is 71.6 Å². The molecule has 0 unspecified atom stereocenters. The summed E-state index contributed by atoms with van der Waals surface area (Å²) in [6.07, 6.45) is 9.77. The molecule has 3 amide bonds. The fourth-order valence-corrected chi connectivity index (χ4v) is 4.43. The van der Waals surface area contributed by atoms with E-state index in [0.717, 1.165) is 31.2 Å². The molecule has 1 aliphatic rings. The molecular weight excluding hydrogens is 444 g/mol. The van der Waals surface area contributed by atoms with Crippen molar-refractivity contribution in [3.63, 3.8) is 0 Å². The standard InChI is InChI=1S/C27H30N4O4/c1-19-8-5-12-22(16-19)31(24(32)18-29-26(33)23-13-7-15-35-23)25(20-9-6-14-28-17-20)27(34)30-21-10-3-2-4-11-21/h5-9,12-17,21,25H,2-4,10-11,18H2,1H3,(H,29,33)(H,30,34)/t25-/m0/s1. The number of pyridine rings is 1. The summed E-state index contributed by atoms with van der Waals surface area (Å²) in [6, 6.07) is 13.2. The first kappa shape index (κ1) is 24.2. The van der Waals surface area contributed by atoms with Crippen LogP contribution in [0.4, 0.5) is 5.69 Å². The van der Waals surface area contributed by atoms with Crippen molar-refractivity contribution in [2.24, 2.45) is 0 Å². The summed E-state index contributed by atoms with van der Waals surface area (Å²) < 4.78 is 5.12. The first-order chi connectivity index (χ1) is 17.0. The van der Waals surface area contributed by atoms with Gasteiger partial charge >= 0.3 is 0 Å². The van der Waals surface area contributed by atoms with Gasteiger partial charge in [-0.3, -0.25) is 24.3 Å². The van der Waals surface area contributed by atoms with E-state index in [1.807, 2.05) is 25.1 Å². The Morgan fingerprint density at radius 1 is 1.09 bits per heavy atom. The second kappa shape index (κ2) is 11.5. The van der Waals surface area contributed by atoms with Gasteiger partial charge in [-0.05, 0) is 55.7 Å². The third-order valence-corrected chi connectivity index (χ3v) is 6.15. The van der Waals surface area contributed by atoms with Gasteiger partial charge in [0.1, 0.15) is 6.04 Å². The van der Waals surface area contributed by atoms with E-state index in [1.54, 1.807) is 36.7 Å². The summed E-state index contributed by atoms with van der Waals surface area (Å²) in [5.41, 5.74) is 2.10. The number of aryl methyl sites for hydroxylation is 1. The topological polar surface area (TPSA) is 105 Å². The number of amides is 3. The number of furan rings is 1. The van der Waals surface area contributed by atoms with E-state index in [0.29, 0.717) is 11.3 Å². The molecule has 0 spiro atoms. The van der Waals surface area contributed by atoms with Gasteiger partial charge in [-0.25, -0.2) is 0 Å². The van der Waals surface area contributed by atoms with Crippen molar-refractivity contribution < 1.29 is 18.8 Å². The smallest absolute Gasteiger partial charge is 0.287 e. The number of hydrogen-bond acceptors (Lipinski definition) is 5. The van der Waals surface area contributed by atoms with Crippen LogP contribution in [0.2, 0.25) is 0 Å². The number of aromatic nitrogens is 1. The number of nitrogens with one attached hydrogen (secondary N) is 2. The molecule has 2 N–H and O–H groups in total. The number of hydrogen-bond donors (Lipinski definition) is 2. The maximum absolute atomic E-state index is 13.7. The van der Waals surface area contributed by atoms with Crippen LogP contribution in [0.25, 0.3) is 0 Å². The molecule has 1 fully saturated rings. The van der Waals surface area contributed by atoms with E-state index in [1.165, 1.54) is 23.7 Å². The van der Waals surface area contributed by atoms with Crippen molar-refractivity contribution in [1.29, 1.82) is 0 Å². The average Bonchev–Trinajstić information content (AvgIpc) is 3.42. The predicted octanol–water partition coefficient (Wildman–Crippen LogP) is 3.94. The minimum Gasteiger partial charge on any atom is -0.459 e. The van der Waals surface area contributed by atoms with E-state index in [4.69, 9.17) is 4.42 Å². The molecule has 8 nitrogen and oxygen atoms in total. The van der Waals surface area contributed by atoms with Gasteiger partial charge in [0, 0.05) is 29.7 Å². The van der Waals surface area contributed by atoms with Gasteiger partial charge in [0.15, 0.2) is 5.76 Å². The monoisotopic (exact) mass is 474 g/mol. The molecular formula is C27H30N4O4. The first-order valence-electron chi connectivity index (χ1n) is 11.9. The van der Waals surface area contributed by atoms with Gasteiger partial charge in [-0.2, -0.15) is 0 Å². The Morgan fingerprint density at radius 2 is 1.91 bits per heavy atom. The normalized spacial score (nSPS) is 14.7. The Balaban J connectivity index is 1.66. The van der Waals surface area contributed by atoms with Gasteiger partial charge in [-0.15, -0.1) is 0 Å². The molecule has 2 aromatic heterocycles. The van der Waals surface area contributed by atoms with Crippen LogP contribution >= 0.6 is 0 Å². The van der Waals surface area contributed by atoms with Crippen molar-refractivity contribution in [3.8, 4) is 0 Å². The van der Waals surface area contributed by atoms with Gasteiger partial charge in [0.2, 0.25) is 11.8 Å². The molecule has 35 heavy (non-hydrogen) atoms. The number of nitrogens with zero attached hydrogens (tertiary/aromatic N) is 2. The molecule has 182 valence electrons. The zero-order valence-electron chi connectivity index (χ0n) is 19.8. The van der Waals surface area contributed by atoms with Gasteiger partial charge < -0.3 is 15.1 Å². The van der Waals surface area contributed by atoms with E-state index >= 15 is 0 Å². The molecule has 1 aliphatic carbocycles. The lowest BCUT2D eigenvalue weighted by molar-refractivity contribution is -0.127. The van der Waals surface area contributed by atoms with Crippen LogP contribution in [-0.2, 0) is 9.59 Å². The Labute approximate surface area is 204 Å². The molecule has 3 aromatic rings. The highest BCUT2D eigenvalue weighted by Gasteiger charge is 2.34. The van der Waals surface area contributed by atoms with Crippen molar-refractivity contribution in [3.05, 3.63) is 84.1 Å². The summed E-state index contributed by atoms with van der Waals surface area (Å²) in [5, 5.41) is 5.77. The molecule has 1 aromatic carbocycles. The number of carbonyl (C=O) groups excluding carboxylic acids is 3. The van der Waals surface area contributed by atoms with Gasteiger partial charge in [0.25, 0.3) is 5.91 Å². The summed E-state index contributed by atoms with van der Waals surface area (Å²) in [7, 11) is 0. The minimum atomic E-state index is -0.944. The fraction of sp³-hybridized carbons (Fsp3) is 0.333. The van der Waals surface area contributed by atoms with Crippen LogP contribution in [0.1, 0.15) is 59.8 Å². The Hall–Kier alpha value is -3.94. The Morgan fingerprint density at radius 3 is 2.60 bits per heavy atom. The largest absolute Gasteiger partial charge is 0.459 e. The summed E-state index contributed by atoms with van der Waals surface area (Å²) >= 11 is 0. The summed E-state index contributed by atoms with van der Waals surface area (Å²) in [4.78, 5) is 45.4. The van der Waals surface area contributed by atoms with Crippen LogP contribution < -0.4 is 15.5 Å². The highest BCUT2D eigenvalue weighted by atomic mass is 16.3. The number of benzene rings is 1. The summed E-state index contributed by atoms with van der Waals surface area (Å²) in [5.74, 6) is -1.09. The lowest BCUT2D eigenvalue weighted by atomic mass is 9.94. The SMILES string of the molecule is Cc1cccc(N(C(=O)CNC(=O)c2ccco2)[C@H](C(=O)NC2CCCCC2)c2cccnc2)c1. The Kier molecular flexibility index (Phi) is 7.92. The molecule has 4 rings (SSSR count). The second-order valence-corrected chi connectivity index (χ2v) is 8.80. The number of carbonyl (C=O) groups is 3. The quantitative estimate of drug-likeness (QED) is 0.515. The first-order valence-corrected chi connectivity index (χ1v) is 11.9.